The zero-order chi connectivity index (χ0) is 15.7. The molecule has 7 heteroatoms. The Labute approximate surface area is 125 Å². The lowest BCUT2D eigenvalue weighted by Crippen LogP contribution is -2.28. The average Bonchev–Trinajstić information content (AvgIpc) is 3.06. The van der Waals surface area contributed by atoms with E-state index in [1.54, 1.807) is 13.0 Å². The van der Waals surface area contributed by atoms with Crippen molar-refractivity contribution in [2.45, 2.75) is 13.3 Å². The molecule has 0 aliphatic carbocycles. The van der Waals surface area contributed by atoms with Gasteiger partial charge in [0.2, 0.25) is 11.8 Å². The van der Waals surface area contributed by atoms with Crippen molar-refractivity contribution in [3.8, 4) is 0 Å². The average molecular weight is 303 g/mol. The van der Waals surface area contributed by atoms with E-state index in [0.29, 0.717) is 17.3 Å². The molecule has 2 aromatic rings. The van der Waals surface area contributed by atoms with E-state index in [9.17, 15) is 14.0 Å². The van der Waals surface area contributed by atoms with Crippen molar-refractivity contribution >= 4 is 23.3 Å². The zero-order valence-corrected chi connectivity index (χ0v) is 11.9. The highest BCUT2D eigenvalue weighted by Gasteiger charge is 2.35. The molecule has 1 fully saturated rings. The number of nitrogens with zero attached hydrogens (tertiary/aromatic N) is 2. The molecule has 1 aromatic heterocycles. The molecular formula is C15H14FN3O3. The van der Waals surface area contributed by atoms with Crippen molar-refractivity contribution in [1.82, 2.24) is 5.16 Å². The van der Waals surface area contributed by atoms with Gasteiger partial charge < -0.3 is 14.7 Å². The topological polar surface area (TPSA) is 75.4 Å². The molecule has 0 spiro atoms. The highest BCUT2D eigenvalue weighted by molar-refractivity contribution is 6.03. The van der Waals surface area contributed by atoms with Gasteiger partial charge in [-0.1, -0.05) is 5.16 Å². The van der Waals surface area contributed by atoms with Crippen molar-refractivity contribution in [3.05, 3.63) is 41.9 Å². The Bertz CT molecular complexity index is 711. The van der Waals surface area contributed by atoms with E-state index in [1.807, 2.05) is 0 Å². The second-order valence-corrected chi connectivity index (χ2v) is 5.19. The summed E-state index contributed by atoms with van der Waals surface area (Å²) in [4.78, 5) is 25.7. The molecule has 1 N–H and O–H groups in total. The molecule has 22 heavy (non-hydrogen) atoms. The second-order valence-electron chi connectivity index (χ2n) is 5.19. The molecule has 1 aromatic carbocycles. The van der Waals surface area contributed by atoms with E-state index in [-0.39, 0.29) is 30.6 Å². The summed E-state index contributed by atoms with van der Waals surface area (Å²) in [5, 5.41) is 6.31. The van der Waals surface area contributed by atoms with Crippen LogP contribution in [0, 0.1) is 18.7 Å². The summed E-state index contributed by atoms with van der Waals surface area (Å²) in [5.41, 5.74) is 0.582. The minimum absolute atomic E-state index is 0.111. The summed E-state index contributed by atoms with van der Waals surface area (Å²) >= 11 is 0. The van der Waals surface area contributed by atoms with E-state index in [2.05, 4.69) is 10.5 Å². The number of aryl methyl sites for hydroxylation is 1. The molecule has 3 rings (SSSR count). The van der Waals surface area contributed by atoms with E-state index < -0.39 is 5.92 Å². The van der Waals surface area contributed by atoms with Gasteiger partial charge in [0.15, 0.2) is 5.82 Å². The van der Waals surface area contributed by atoms with Crippen molar-refractivity contribution in [2.75, 3.05) is 16.8 Å². The standard InChI is InChI=1S/C15H14FN3O3/c1-9-6-13(18-22-9)17-15(21)10-7-14(20)19(8-10)12-4-2-11(16)3-5-12/h2-6,10H,7-8H2,1H3,(H,17,18,21)/t10-/m1/s1. The summed E-state index contributed by atoms with van der Waals surface area (Å²) in [6, 6.07) is 7.22. The summed E-state index contributed by atoms with van der Waals surface area (Å²) in [6.07, 6.45) is 0.111. The first-order valence-electron chi connectivity index (χ1n) is 6.83. The summed E-state index contributed by atoms with van der Waals surface area (Å²) in [6.45, 7) is 1.98. The molecular weight excluding hydrogens is 289 g/mol. The fourth-order valence-electron chi connectivity index (χ4n) is 2.41. The number of carbonyl (C=O) groups excluding carboxylic acids is 2. The van der Waals surface area contributed by atoms with Crippen molar-refractivity contribution in [1.29, 1.82) is 0 Å². The first kappa shape index (κ1) is 14.2. The summed E-state index contributed by atoms with van der Waals surface area (Å²) in [7, 11) is 0. The molecule has 1 aliphatic rings. The molecule has 2 amide bonds. The van der Waals surface area contributed by atoms with Crippen LogP contribution in [0.1, 0.15) is 12.2 Å². The number of rotatable bonds is 3. The fraction of sp³-hybridized carbons (Fsp3) is 0.267. The Hall–Kier alpha value is -2.70. The van der Waals surface area contributed by atoms with E-state index in [1.165, 1.54) is 29.2 Å². The molecule has 6 nitrogen and oxygen atoms in total. The van der Waals surface area contributed by atoms with Crippen LogP contribution in [0.15, 0.2) is 34.9 Å². The van der Waals surface area contributed by atoms with Crippen LogP contribution < -0.4 is 10.2 Å². The van der Waals surface area contributed by atoms with Gasteiger partial charge in [-0.2, -0.15) is 0 Å². The van der Waals surface area contributed by atoms with Crippen LogP contribution in [0.5, 0.6) is 0 Å². The predicted octanol–water partition coefficient (Wildman–Crippen LogP) is 2.11. The Balaban J connectivity index is 1.68. The van der Waals surface area contributed by atoms with E-state index >= 15 is 0 Å². The molecule has 0 saturated carbocycles. The zero-order valence-electron chi connectivity index (χ0n) is 11.9. The number of carbonyl (C=O) groups is 2. The number of aromatic nitrogens is 1. The minimum Gasteiger partial charge on any atom is -0.360 e. The van der Waals surface area contributed by atoms with Gasteiger partial charge in [0.25, 0.3) is 0 Å². The highest BCUT2D eigenvalue weighted by atomic mass is 19.1. The summed E-state index contributed by atoms with van der Waals surface area (Å²) in [5.74, 6) is -0.379. The third-order valence-electron chi connectivity index (χ3n) is 3.51. The van der Waals surface area contributed by atoms with Gasteiger partial charge in [-0.15, -0.1) is 0 Å². The Morgan fingerprint density at radius 2 is 2.14 bits per heavy atom. The lowest BCUT2D eigenvalue weighted by Gasteiger charge is -2.16. The molecule has 1 aliphatic heterocycles. The summed E-state index contributed by atoms with van der Waals surface area (Å²) < 4.78 is 17.8. The first-order valence-corrected chi connectivity index (χ1v) is 6.83. The molecule has 2 heterocycles. The normalized spacial score (nSPS) is 17.8. The molecule has 0 bridgehead atoms. The van der Waals surface area contributed by atoms with Crippen LogP contribution in [0.3, 0.4) is 0 Å². The fourth-order valence-corrected chi connectivity index (χ4v) is 2.41. The van der Waals surface area contributed by atoms with Gasteiger partial charge in [-0.3, -0.25) is 9.59 Å². The number of anilines is 2. The van der Waals surface area contributed by atoms with Crippen LogP contribution in [0.2, 0.25) is 0 Å². The molecule has 0 radical (unpaired) electrons. The lowest BCUT2D eigenvalue weighted by molar-refractivity contribution is -0.122. The first-order chi connectivity index (χ1) is 10.5. The largest absolute Gasteiger partial charge is 0.360 e. The number of halogens is 1. The van der Waals surface area contributed by atoms with Gasteiger partial charge in [0.05, 0.1) is 5.92 Å². The van der Waals surface area contributed by atoms with E-state index in [4.69, 9.17) is 4.52 Å². The quantitative estimate of drug-likeness (QED) is 0.942. The van der Waals surface area contributed by atoms with Crippen molar-refractivity contribution in [2.24, 2.45) is 5.92 Å². The lowest BCUT2D eigenvalue weighted by atomic mass is 10.1. The maximum atomic E-state index is 12.9. The number of benzene rings is 1. The van der Waals surface area contributed by atoms with Gasteiger partial charge in [-0.25, -0.2) is 4.39 Å². The molecule has 1 saturated heterocycles. The van der Waals surface area contributed by atoms with Crippen LogP contribution in [-0.4, -0.2) is 23.5 Å². The monoisotopic (exact) mass is 303 g/mol. The van der Waals surface area contributed by atoms with Gasteiger partial charge in [0.1, 0.15) is 11.6 Å². The maximum Gasteiger partial charge on any atom is 0.231 e. The van der Waals surface area contributed by atoms with Gasteiger partial charge in [0, 0.05) is 24.7 Å². The SMILES string of the molecule is Cc1cc(NC(=O)[C@@H]2CC(=O)N(c3ccc(F)cc3)C2)no1. The number of hydrogen-bond acceptors (Lipinski definition) is 4. The Morgan fingerprint density at radius 1 is 1.41 bits per heavy atom. The van der Waals surface area contributed by atoms with Crippen molar-refractivity contribution < 1.29 is 18.5 Å². The Morgan fingerprint density at radius 3 is 2.77 bits per heavy atom. The van der Waals surface area contributed by atoms with Gasteiger partial charge in [-0.05, 0) is 31.2 Å². The number of amides is 2. The Kier molecular flexibility index (Phi) is 3.62. The molecule has 1 atom stereocenters. The molecule has 114 valence electrons. The smallest absolute Gasteiger partial charge is 0.231 e. The third kappa shape index (κ3) is 2.83. The second kappa shape index (κ2) is 5.59. The molecule has 0 unspecified atom stereocenters. The number of nitrogens with one attached hydrogen (secondary N) is 1. The van der Waals surface area contributed by atoms with Crippen LogP contribution in [0.25, 0.3) is 0 Å². The van der Waals surface area contributed by atoms with Gasteiger partial charge >= 0.3 is 0 Å². The van der Waals surface area contributed by atoms with Crippen LogP contribution in [0.4, 0.5) is 15.9 Å². The van der Waals surface area contributed by atoms with E-state index in [0.717, 1.165) is 0 Å². The number of hydrogen-bond donors (Lipinski definition) is 1. The third-order valence-corrected chi connectivity index (χ3v) is 3.51. The predicted molar refractivity (Wildman–Crippen MR) is 76.7 cm³/mol. The van der Waals surface area contributed by atoms with Crippen molar-refractivity contribution in [3.63, 3.8) is 0 Å². The van der Waals surface area contributed by atoms with Crippen LogP contribution >= 0.6 is 0 Å². The maximum absolute atomic E-state index is 12.9. The van der Waals surface area contributed by atoms with Crippen LogP contribution in [-0.2, 0) is 9.59 Å². The highest BCUT2D eigenvalue weighted by Crippen LogP contribution is 2.26. The minimum atomic E-state index is -0.477.